The van der Waals surface area contributed by atoms with E-state index in [1.54, 1.807) is 12.1 Å². The number of nitrogens with one attached hydrogen (secondary N) is 1. The molecule has 0 aromatic carbocycles. The fourth-order valence-corrected chi connectivity index (χ4v) is 3.62. The lowest BCUT2D eigenvalue weighted by atomic mass is 10.1. The third-order valence-corrected chi connectivity index (χ3v) is 5.00. The summed E-state index contributed by atoms with van der Waals surface area (Å²) < 4.78 is 27.2. The standard InChI is InChI=1S/C13H21N3O2S/c14-9-12-7-8-13(10-15-12)19(17,18)16-11-5-3-1-2-4-6-11/h7-8,10-11,16H,1-6,9,14H2. The van der Waals surface area contributed by atoms with Crippen molar-refractivity contribution in [1.29, 1.82) is 0 Å². The Morgan fingerprint density at radius 1 is 1.21 bits per heavy atom. The smallest absolute Gasteiger partial charge is 0.242 e. The lowest BCUT2D eigenvalue weighted by Crippen LogP contribution is -2.34. The van der Waals surface area contributed by atoms with Gasteiger partial charge in [0.05, 0.1) is 5.69 Å². The molecular formula is C13H21N3O2S. The molecule has 5 nitrogen and oxygen atoms in total. The first-order chi connectivity index (χ1) is 9.12. The van der Waals surface area contributed by atoms with Crippen LogP contribution in [0.5, 0.6) is 0 Å². The average Bonchev–Trinajstić information content (AvgIpc) is 2.67. The Labute approximate surface area is 114 Å². The Balaban J connectivity index is 2.07. The van der Waals surface area contributed by atoms with E-state index < -0.39 is 10.0 Å². The van der Waals surface area contributed by atoms with Gasteiger partial charge in [-0.15, -0.1) is 0 Å². The summed E-state index contributed by atoms with van der Waals surface area (Å²) in [4.78, 5) is 4.25. The van der Waals surface area contributed by atoms with Crippen LogP contribution < -0.4 is 10.5 Å². The second-order valence-electron chi connectivity index (χ2n) is 5.00. The number of hydrogen-bond acceptors (Lipinski definition) is 4. The minimum atomic E-state index is -3.45. The number of rotatable bonds is 4. The SMILES string of the molecule is NCc1ccc(S(=O)(=O)NC2CCCCCC2)cn1. The van der Waals surface area contributed by atoms with E-state index in [0.717, 1.165) is 25.7 Å². The quantitative estimate of drug-likeness (QED) is 0.821. The second-order valence-corrected chi connectivity index (χ2v) is 6.71. The molecule has 0 radical (unpaired) electrons. The normalized spacial score (nSPS) is 18.2. The number of nitrogens with zero attached hydrogens (tertiary/aromatic N) is 1. The van der Waals surface area contributed by atoms with E-state index in [1.807, 2.05) is 0 Å². The van der Waals surface area contributed by atoms with Crippen molar-refractivity contribution >= 4 is 10.0 Å². The van der Waals surface area contributed by atoms with Gasteiger partial charge < -0.3 is 5.73 Å². The summed E-state index contributed by atoms with van der Waals surface area (Å²) in [6.07, 6.45) is 7.81. The van der Waals surface area contributed by atoms with Crippen LogP contribution >= 0.6 is 0 Å². The number of sulfonamides is 1. The molecule has 1 aromatic heterocycles. The van der Waals surface area contributed by atoms with Crippen LogP contribution in [0.3, 0.4) is 0 Å². The van der Waals surface area contributed by atoms with Crippen LogP contribution in [0, 0.1) is 0 Å². The van der Waals surface area contributed by atoms with E-state index in [2.05, 4.69) is 9.71 Å². The van der Waals surface area contributed by atoms with Gasteiger partial charge >= 0.3 is 0 Å². The fraction of sp³-hybridized carbons (Fsp3) is 0.615. The number of pyridine rings is 1. The minimum Gasteiger partial charge on any atom is -0.325 e. The Morgan fingerprint density at radius 2 is 1.89 bits per heavy atom. The molecule has 19 heavy (non-hydrogen) atoms. The van der Waals surface area contributed by atoms with Gasteiger partial charge in [0.2, 0.25) is 10.0 Å². The van der Waals surface area contributed by atoms with Crippen molar-refractivity contribution in [2.75, 3.05) is 0 Å². The van der Waals surface area contributed by atoms with Gasteiger partial charge in [0.25, 0.3) is 0 Å². The maximum Gasteiger partial charge on any atom is 0.242 e. The highest BCUT2D eigenvalue weighted by atomic mass is 32.2. The van der Waals surface area contributed by atoms with Gasteiger partial charge in [0, 0.05) is 18.8 Å². The molecule has 2 rings (SSSR count). The molecule has 1 aliphatic rings. The van der Waals surface area contributed by atoms with E-state index in [1.165, 1.54) is 19.0 Å². The second kappa shape index (κ2) is 6.45. The highest BCUT2D eigenvalue weighted by molar-refractivity contribution is 7.89. The zero-order valence-corrected chi connectivity index (χ0v) is 11.8. The summed E-state index contributed by atoms with van der Waals surface area (Å²) in [6, 6.07) is 3.28. The van der Waals surface area contributed by atoms with Gasteiger partial charge in [-0.2, -0.15) is 0 Å². The summed E-state index contributed by atoms with van der Waals surface area (Å²) in [6.45, 7) is 0.316. The number of nitrogens with two attached hydrogens (primary N) is 1. The first-order valence-electron chi connectivity index (χ1n) is 6.79. The predicted molar refractivity (Wildman–Crippen MR) is 73.9 cm³/mol. The maximum atomic E-state index is 12.2. The van der Waals surface area contributed by atoms with Crippen molar-refractivity contribution in [1.82, 2.24) is 9.71 Å². The van der Waals surface area contributed by atoms with Gasteiger partial charge in [-0.25, -0.2) is 13.1 Å². The highest BCUT2D eigenvalue weighted by Crippen LogP contribution is 2.19. The third kappa shape index (κ3) is 3.99. The largest absolute Gasteiger partial charge is 0.325 e. The Bertz CT molecular complexity index is 491. The van der Waals surface area contributed by atoms with Crippen molar-refractivity contribution < 1.29 is 8.42 Å². The number of aromatic nitrogens is 1. The topological polar surface area (TPSA) is 85.1 Å². The molecule has 1 heterocycles. The first-order valence-corrected chi connectivity index (χ1v) is 8.27. The molecule has 0 unspecified atom stereocenters. The van der Waals surface area contributed by atoms with Gasteiger partial charge in [0.1, 0.15) is 4.90 Å². The van der Waals surface area contributed by atoms with Crippen LogP contribution in [-0.2, 0) is 16.6 Å². The van der Waals surface area contributed by atoms with Crippen LogP contribution in [0.4, 0.5) is 0 Å². The maximum absolute atomic E-state index is 12.2. The van der Waals surface area contributed by atoms with Gasteiger partial charge in [-0.1, -0.05) is 25.7 Å². The summed E-state index contributed by atoms with van der Waals surface area (Å²) >= 11 is 0. The Morgan fingerprint density at radius 3 is 2.42 bits per heavy atom. The lowest BCUT2D eigenvalue weighted by molar-refractivity contribution is 0.509. The fourth-order valence-electron chi connectivity index (χ4n) is 2.38. The Hall–Kier alpha value is -0.980. The average molecular weight is 283 g/mol. The molecule has 0 aliphatic heterocycles. The molecule has 0 bridgehead atoms. The summed E-state index contributed by atoms with van der Waals surface area (Å²) in [5.74, 6) is 0. The molecule has 0 atom stereocenters. The van der Waals surface area contributed by atoms with Gasteiger partial charge in [-0.05, 0) is 25.0 Å². The van der Waals surface area contributed by atoms with Crippen LogP contribution in [0.1, 0.15) is 44.2 Å². The van der Waals surface area contributed by atoms with E-state index in [4.69, 9.17) is 5.73 Å². The van der Waals surface area contributed by atoms with Crippen molar-refractivity contribution in [2.24, 2.45) is 5.73 Å². The van der Waals surface area contributed by atoms with Crippen LogP contribution in [0.25, 0.3) is 0 Å². The lowest BCUT2D eigenvalue weighted by Gasteiger charge is -2.16. The van der Waals surface area contributed by atoms with E-state index in [-0.39, 0.29) is 10.9 Å². The summed E-state index contributed by atoms with van der Waals surface area (Å²) in [7, 11) is -3.45. The molecular weight excluding hydrogens is 262 g/mol. The molecule has 106 valence electrons. The van der Waals surface area contributed by atoms with Crippen LogP contribution in [0.2, 0.25) is 0 Å². The van der Waals surface area contributed by atoms with Crippen LogP contribution in [0.15, 0.2) is 23.2 Å². The molecule has 1 aromatic rings. The molecule has 0 saturated heterocycles. The summed E-state index contributed by atoms with van der Waals surface area (Å²) in [5.41, 5.74) is 6.14. The van der Waals surface area contributed by atoms with Crippen molar-refractivity contribution in [2.45, 2.75) is 56.0 Å². The zero-order valence-electron chi connectivity index (χ0n) is 11.0. The van der Waals surface area contributed by atoms with Crippen molar-refractivity contribution in [3.8, 4) is 0 Å². The van der Waals surface area contributed by atoms with Crippen LogP contribution in [-0.4, -0.2) is 19.4 Å². The molecule has 0 amide bonds. The zero-order chi connectivity index (χ0) is 13.7. The third-order valence-electron chi connectivity index (χ3n) is 3.49. The highest BCUT2D eigenvalue weighted by Gasteiger charge is 2.21. The predicted octanol–water partition coefficient (Wildman–Crippen LogP) is 1.54. The number of hydrogen-bond donors (Lipinski definition) is 2. The first kappa shape index (κ1) is 14.4. The van der Waals surface area contributed by atoms with E-state index in [9.17, 15) is 8.42 Å². The molecule has 0 spiro atoms. The van der Waals surface area contributed by atoms with Crippen molar-refractivity contribution in [3.05, 3.63) is 24.0 Å². The van der Waals surface area contributed by atoms with Gasteiger partial charge in [-0.3, -0.25) is 4.98 Å². The molecule has 1 aliphatic carbocycles. The monoisotopic (exact) mass is 283 g/mol. The van der Waals surface area contributed by atoms with Gasteiger partial charge in [0.15, 0.2) is 0 Å². The van der Waals surface area contributed by atoms with E-state index in [0.29, 0.717) is 12.2 Å². The molecule has 1 fully saturated rings. The molecule has 1 saturated carbocycles. The minimum absolute atomic E-state index is 0.0571. The van der Waals surface area contributed by atoms with Crippen molar-refractivity contribution in [3.63, 3.8) is 0 Å². The van der Waals surface area contributed by atoms with E-state index >= 15 is 0 Å². The molecule has 6 heteroatoms. The molecule has 3 N–H and O–H groups in total. The Kier molecular flexibility index (Phi) is 4.90. The summed E-state index contributed by atoms with van der Waals surface area (Å²) in [5, 5.41) is 0.